The van der Waals surface area contributed by atoms with Crippen molar-refractivity contribution in [2.45, 2.75) is 71.6 Å². The molecule has 0 aromatic heterocycles. The predicted molar refractivity (Wildman–Crippen MR) is 77.6 cm³/mol. The lowest BCUT2D eigenvalue weighted by molar-refractivity contribution is 0.496. The Kier molecular flexibility index (Phi) is 7.00. The van der Waals surface area contributed by atoms with Crippen LogP contribution in [0.5, 0.6) is 0 Å². The van der Waals surface area contributed by atoms with Gasteiger partial charge in [0.25, 0.3) is 0 Å². The van der Waals surface area contributed by atoms with Gasteiger partial charge >= 0.3 is 0 Å². The molecule has 1 heteroatoms. The van der Waals surface area contributed by atoms with Gasteiger partial charge in [0.2, 0.25) is 0 Å². The molecule has 0 amide bonds. The maximum absolute atomic E-state index is 14.1. The Morgan fingerprint density at radius 1 is 1.00 bits per heavy atom. The highest BCUT2D eigenvalue weighted by Gasteiger charge is 2.17. The van der Waals surface area contributed by atoms with Crippen molar-refractivity contribution in [3.8, 4) is 0 Å². The molecule has 0 spiro atoms. The molecule has 1 aromatic carbocycles. The molecule has 0 aliphatic heterocycles. The molecule has 0 bridgehead atoms. The van der Waals surface area contributed by atoms with Crippen molar-refractivity contribution >= 4 is 0 Å². The van der Waals surface area contributed by atoms with Gasteiger partial charge in [-0.2, -0.15) is 0 Å². The van der Waals surface area contributed by atoms with E-state index in [1.165, 1.54) is 24.8 Å². The highest BCUT2D eigenvalue weighted by atomic mass is 19.1. The monoisotopic (exact) mass is 250 g/mol. The maximum atomic E-state index is 14.1. The van der Waals surface area contributed by atoms with E-state index in [0.29, 0.717) is 5.92 Å². The van der Waals surface area contributed by atoms with Gasteiger partial charge in [0, 0.05) is 0 Å². The third-order valence-electron chi connectivity index (χ3n) is 3.73. The molecule has 0 fully saturated rings. The standard InChI is InChI=1S/C17H27F/c1-4-7-8-11-15(10-5-2)17-14(6-3)12-9-13-16(17)18/h9,12-13,15H,4-8,10-11H2,1-3H3. The number of benzene rings is 1. The molecule has 102 valence electrons. The first kappa shape index (κ1) is 15.2. The molecule has 0 saturated heterocycles. The Balaban J connectivity index is 2.89. The number of aryl methyl sites for hydroxylation is 1. The van der Waals surface area contributed by atoms with Crippen molar-refractivity contribution in [1.82, 2.24) is 0 Å². The van der Waals surface area contributed by atoms with Gasteiger partial charge in [0.05, 0.1) is 0 Å². The topological polar surface area (TPSA) is 0 Å². The Morgan fingerprint density at radius 2 is 1.78 bits per heavy atom. The Morgan fingerprint density at radius 3 is 2.39 bits per heavy atom. The summed E-state index contributed by atoms with van der Waals surface area (Å²) in [7, 11) is 0. The Bertz CT molecular complexity index is 343. The summed E-state index contributed by atoms with van der Waals surface area (Å²) < 4.78 is 14.1. The highest BCUT2D eigenvalue weighted by Crippen LogP contribution is 2.32. The van der Waals surface area contributed by atoms with Gasteiger partial charge in [-0.25, -0.2) is 4.39 Å². The van der Waals surface area contributed by atoms with Gasteiger partial charge in [-0.3, -0.25) is 0 Å². The maximum Gasteiger partial charge on any atom is 0.126 e. The fourth-order valence-corrected chi connectivity index (χ4v) is 2.77. The van der Waals surface area contributed by atoms with Crippen molar-refractivity contribution in [1.29, 1.82) is 0 Å². The van der Waals surface area contributed by atoms with Crippen LogP contribution in [0.25, 0.3) is 0 Å². The van der Waals surface area contributed by atoms with E-state index < -0.39 is 0 Å². The third-order valence-corrected chi connectivity index (χ3v) is 3.73. The van der Waals surface area contributed by atoms with Crippen LogP contribution in [0.15, 0.2) is 18.2 Å². The summed E-state index contributed by atoms with van der Waals surface area (Å²) in [6.07, 6.45) is 8.02. The van der Waals surface area contributed by atoms with Crippen molar-refractivity contribution in [2.75, 3.05) is 0 Å². The predicted octanol–water partition coefficient (Wildman–Crippen LogP) is 5.85. The van der Waals surface area contributed by atoms with Gasteiger partial charge in [-0.1, -0.05) is 58.6 Å². The van der Waals surface area contributed by atoms with Gasteiger partial charge in [0.1, 0.15) is 5.82 Å². The zero-order valence-electron chi connectivity index (χ0n) is 12.1. The molecular weight excluding hydrogens is 223 g/mol. The van der Waals surface area contributed by atoms with E-state index in [1.807, 2.05) is 6.07 Å². The van der Waals surface area contributed by atoms with Crippen molar-refractivity contribution < 1.29 is 4.39 Å². The first-order valence-corrected chi connectivity index (χ1v) is 7.51. The van der Waals surface area contributed by atoms with Crippen LogP contribution in [-0.4, -0.2) is 0 Å². The summed E-state index contributed by atoms with van der Waals surface area (Å²) in [6.45, 7) is 6.53. The lowest BCUT2D eigenvalue weighted by Crippen LogP contribution is -2.06. The first-order valence-electron chi connectivity index (χ1n) is 7.51. The molecule has 0 heterocycles. The average molecular weight is 250 g/mol. The summed E-state index contributed by atoms with van der Waals surface area (Å²) in [5.74, 6) is 0.419. The van der Waals surface area contributed by atoms with Crippen LogP contribution in [0, 0.1) is 5.82 Å². The molecule has 0 saturated carbocycles. The SMILES string of the molecule is CCCCCC(CCC)c1c(F)cccc1CC. The van der Waals surface area contributed by atoms with Gasteiger partial charge < -0.3 is 0 Å². The lowest BCUT2D eigenvalue weighted by atomic mass is 9.85. The molecule has 0 N–H and O–H groups in total. The fraction of sp³-hybridized carbons (Fsp3) is 0.647. The van der Waals surface area contributed by atoms with Crippen LogP contribution in [0.2, 0.25) is 0 Å². The zero-order chi connectivity index (χ0) is 13.4. The summed E-state index contributed by atoms with van der Waals surface area (Å²) in [5.41, 5.74) is 2.20. The number of hydrogen-bond donors (Lipinski definition) is 0. The van der Waals surface area contributed by atoms with Crippen LogP contribution in [-0.2, 0) is 6.42 Å². The number of rotatable bonds is 8. The smallest absolute Gasteiger partial charge is 0.126 e. The minimum Gasteiger partial charge on any atom is -0.207 e. The Hall–Kier alpha value is -0.850. The van der Waals surface area contributed by atoms with Gasteiger partial charge in [0.15, 0.2) is 0 Å². The van der Waals surface area contributed by atoms with E-state index in [-0.39, 0.29) is 5.82 Å². The molecule has 0 radical (unpaired) electrons. The molecule has 1 unspecified atom stereocenters. The number of unbranched alkanes of at least 4 members (excludes halogenated alkanes) is 2. The number of hydrogen-bond acceptors (Lipinski definition) is 0. The zero-order valence-corrected chi connectivity index (χ0v) is 12.1. The largest absolute Gasteiger partial charge is 0.207 e. The van der Waals surface area contributed by atoms with E-state index in [0.717, 1.165) is 31.2 Å². The molecule has 18 heavy (non-hydrogen) atoms. The molecule has 1 rings (SSSR count). The van der Waals surface area contributed by atoms with Crippen LogP contribution in [0.4, 0.5) is 4.39 Å². The fourth-order valence-electron chi connectivity index (χ4n) is 2.77. The molecule has 0 aliphatic carbocycles. The van der Waals surface area contributed by atoms with E-state index in [4.69, 9.17) is 0 Å². The molecular formula is C17H27F. The van der Waals surface area contributed by atoms with E-state index in [1.54, 1.807) is 6.07 Å². The second-order valence-electron chi connectivity index (χ2n) is 5.15. The normalized spacial score (nSPS) is 12.7. The minimum absolute atomic E-state index is 0.00398. The van der Waals surface area contributed by atoms with E-state index in [2.05, 4.69) is 26.8 Å². The minimum atomic E-state index is 0.00398. The second kappa shape index (κ2) is 8.29. The second-order valence-corrected chi connectivity index (χ2v) is 5.15. The molecule has 1 atom stereocenters. The summed E-state index contributed by atoms with van der Waals surface area (Å²) >= 11 is 0. The van der Waals surface area contributed by atoms with Crippen LogP contribution < -0.4 is 0 Å². The third kappa shape index (κ3) is 4.12. The summed E-state index contributed by atoms with van der Waals surface area (Å²) in [6, 6.07) is 5.55. The van der Waals surface area contributed by atoms with Crippen LogP contribution in [0.1, 0.15) is 76.3 Å². The molecule has 0 aliphatic rings. The molecule has 0 nitrogen and oxygen atoms in total. The van der Waals surface area contributed by atoms with Crippen molar-refractivity contribution in [3.05, 3.63) is 35.1 Å². The van der Waals surface area contributed by atoms with Crippen molar-refractivity contribution in [2.24, 2.45) is 0 Å². The van der Waals surface area contributed by atoms with Crippen LogP contribution >= 0.6 is 0 Å². The highest BCUT2D eigenvalue weighted by molar-refractivity contribution is 5.32. The van der Waals surface area contributed by atoms with E-state index >= 15 is 0 Å². The van der Waals surface area contributed by atoms with E-state index in [9.17, 15) is 4.39 Å². The average Bonchev–Trinajstić information content (AvgIpc) is 2.38. The van der Waals surface area contributed by atoms with Gasteiger partial charge in [-0.05, 0) is 42.4 Å². The first-order chi connectivity index (χ1) is 8.74. The summed E-state index contributed by atoms with van der Waals surface area (Å²) in [5, 5.41) is 0. The molecule has 1 aromatic rings. The van der Waals surface area contributed by atoms with Crippen molar-refractivity contribution in [3.63, 3.8) is 0 Å². The van der Waals surface area contributed by atoms with Crippen LogP contribution in [0.3, 0.4) is 0 Å². The lowest BCUT2D eigenvalue weighted by Gasteiger charge is -2.20. The Labute approximate surface area is 112 Å². The quantitative estimate of drug-likeness (QED) is 0.507. The number of halogens is 1. The van der Waals surface area contributed by atoms with Gasteiger partial charge in [-0.15, -0.1) is 0 Å². The summed E-state index contributed by atoms with van der Waals surface area (Å²) in [4.78, 5) is 0.